The molecule has 0 aliphatic heterocycles. The van der Waals surface area contributed by atoms with Crippen LogP contribution in [0.1, 0.15) is 17.1 Å². The number of aryl methyl sites for hydroxylation is 1. The first-order valence-electron chi connectivity index (χ1n) is 5.99. The number of methoxy groups -OCH3 is 1. The van der Waals surface area contributed by atoms with E-state index in [2.05, 4.69) is 25.6 Å². The van der Waals surface area contributed by atoms with Crippen LogP contribution in [0.15, 0.2) is 10.4 Å². The number of ether oxygens (including phenoxy) is 1. The van der Waals surface area contributed by atoms with Gasteiger partial charge in [0.05, 0.1) is 17.2 Å². The highest BCUT2D eigenvalue weighted by molar-refractivity contribution is 7.09. The molecule has 0 aromatic carbocycles. The van der Waals surface area contributed by atoms with Crippen LogP contribution in [0.2, 0.25) is 0 Å². The lowest BCUT2D eigenvalue weighted by molar-refractivity contribution is 0.195. The van der Waals surface area contributed by atoms with E-state index < -0.39 is 0 Å². The predicted octanol–water partition coefficient (Wildman–Crippen LogP) is 1.50. The minimum atomic E-state index is 0.763. The van der Waals surface area contributed by atoms with E-state index in [1.54, 1.807) is 25.5 Å². The molecule has 0 aliphatic rings. The Balaban J connectivity index is 2.40. The van der Waals surface area contributed by atoms with Crippen LogP contribution in [0.4, 0.5) is 0 Å². The Morgan fingerprint density at radius 3 is 2.94 bits per heavy atom. The number of nitrogens with zero attached hydrogens (tertiary/aromatic N) is 3. The van der Waals surface area contributed by atoms with E-state index in [1.165, 1.54) is 0 Å². The SMILES string of the molecule is CN=C(NCCCOC)N(C)Cc1csc(C)n1. The largest absolute Gasteiger partial charge is 0.385 e. The van der Waals surface area contributed by atoms with Crippen LogP contribution in [-0.2, 0) is 11.3 Å². The summed E-state index contributed by atoms with van der Waals surface area (Å²) >= 11 is 1.68. The van der Waals surface area contributed by atoms with Crippen LogP contribution in [0.5, 0.6) is 0 Å². The van der Waals surface area contributed by atoms with Gasteiger partial charge in [0.15, 0.2) is 5.96 Å². The lowest BCUT2D eigenvalue weighted by atomic mass is 10.4. The second-order valence-electron chi connectivity index (χ2n) is 4.03. The second-order valence-corrected chi connectivity index (χ2v) is 5.10. The first kappa shape index (κ1) is 14.9. The molecule has 0 bridgehead atoms. The first-order valence-corrected chi connectivity index (χ1v) is 6.87. The molecule has 0 aliphatic carbocycles. The summed E-state index contributed by atoms with van der Waals surface area (Å²) < 4.78 is 5.01. The maximum absolute atomic E-state index is 5.01. The molecule has 0 saturated carbocycles. The van der Waals surface area contributed by atoms with Crippen LogP contribution in [0.3, 0.4) is 0 Å². The smallest absolute Gasteiger partial charge is 0.193 e. The molecule has 0 fully saturated rings. The summed E-state index contributed by atoms with van der Waals surface area (Å²) in [6, 6.07) is 0. The Hall–Kier alpha value is -1.14. The van der Waals surface area contributed by atoms with Crippen molar-refractivity contribution in [3.05, 3.63) is 16.1 Å². The van der Waals surface area contributed by atoms with Crippen molar-refractivity contribution < 1.29 is 4.74 Å². The molecular formula is C12H22N4OS. The molecule has 1 aromatic heterocycles. The fourth-order valence-electron chi connectivity index (χ4n) is 1.60. The molecule has 1 N–H and O–H groups in total. The monoisotopic (exact) mass is 270 g/mol. The minimum absolute atomic E-state index is 0.763. The summed E-state index contributed by atoms with van der Waals surface area (Å²) in [5, 5.41) is 6.49. The average molecular weight is 270 g/mol. The van der Waals surface area contributed by atoms with Gasteiger partial charge in [0, 0.05) is 39.7 Å². The van der Waals surface area contributed by atoms with Gasteiger partial charge in [0.1, 0.15) is 0 Å². The third-order valence-corrected chi connectivity index (χ3v) is 3.27. The fraction of sp³-hybridized carbons (Fsp3) is 0.667. The number of aromatic nitrogens is 1. The number of nitrogens with one attached hydrogen (secondary N) is 1. The number of hydrogen-bond donors (Lipinski definition) is 1. The second kappa shape index (κ2) is 8.05. The number of thiazole rings is 1. The Morgan fingerprint density at radius 2 is 2.39 bits per heavy atom. The molecule has 0 spiro atoms. The van der Waals surface area contributed by atoms with Crippen LogP contribution in [-0.4, -0.2) is 50.2 Å². The van der Waals surface area contributed by atoms with Gasteiger partial charge in [-0.15, -0.1) is 11.3 Å². The molecule has 102 valence electrons. The zero-order valence-corrected chi connectivity index (χ0v) is 12.4. The molecular weight excluding hydrogens is 248 g/mol. The third-order valence-electron chi connectivity index (χ3n) is 2.45. The molecule has 6 heteroatoms. The number of hydrogen-bond acceptors (Lipinski definition) is 4. The highest BCUT2D eigenvalue weighted by Crippen LogP contribution is 2.09. The summed E-state index contributed by atoms with van der Waals surface area (Å²) in [6.45, 7) is 4.42. The van der Waals surface area contributed by atoms with Gasteiger partial charge in [-0.2, -0.15) is 0 Å². The Morgan fingerprint density at radius 1 is 1.61 bits per heavy atom. The molecule has 0 saturated heterocycles. The summed E-state index contributed by atoms with van der Waals surface area (Å²) in [7, 11) is 5.52. The predicted molar refractivity (Wildman–Crippen MR) is 76.2 cm³/mol. The lowest BCUT2D eigenvalue weighted by Crippen LogP contribution is -2.39. The number of rotatable bonds is 6. The standard InChI is InChI=1S/C12H22N4OS/c1-10-15-11(9-18-10)8-16(3)12(13-2)14-6-5-7-17-4/h9H,5-8H2,1-4H3,(H,13,14). The maximum Gasteiger partial charge on any atom is 0.193 e. The van der Waals surface area contributed by atoms with Crippen LogP contribution >= 0.6 is 11.3 Å². The highest BCUT2D eigenvalue weighted by Gasteiger charge is 2.07. The van der Waals surface area contributed by atoms with E-state index in [1.807, 2.05) is 14.0 Å². The Kier molecular flexibility index (Phi) is 6.67. The van der Waals surface area contributed by atoms with Gasteiger partial charge >= 0.3 is 0 Å². The molecule has 0 unspecified atom stereocenters. The van der Waals surface area contributed by atoms with Crippen molar-refractivity contribution in [3.8, 4) is 0 Å². The highest BCUT2D eigenvalue weighted by atomic mass is 32.1. The van der Waals surface area contributed by atoms with Crippen molar-refractivity contribution in [1.29, 1.82) is 0 Å². The van der Waals surface area contributed by atoms with Gasteiger partial charge in [0.2, 0.25) is 0 Å². The van der Waals surface area contributed by atoms with E-state index in [0.29, 0.717) is 0 Å². The third kappa shape index (κ3) is 5.01. The van der Waals surface area contributed by atoms with Crippen molar-refractivity contribution in [3.63, 3.8) is 0 Å². The van der Waals surface area contributed by atoms with Gasteiger partial charge in [-0.05, 0) is 13.3 Å². The minimum Gasteiger partial charge on any atom is -0.385 e. The average Bonchev–Trinajstić information content (AvgIpc) is 2.75. The Bertz CT molecular complexity index is 378. The lowest BCUT2D eigenvalue weighted by Gasteiger charge is -2.21. The zero-order valence-electron chi connectivity index (χ0n) is 11.6. The molecule has 1 aromatic rings. The summed E-state index contributed by atoms with van der Waals surface area (Å²) in [6.07, 6.45) is 0.971. The van der Waals surface area contributed by atoms with Crippen LogP contribution < -0.4 is 5.32 Å². The number of guanidine groups is 1. The zero-order chi connectivity index (χ0) is 13.4. The molecule has 5 nitrogen and oxygen atoms in total. The Labute approximate surface area is 113 Å². The van der Waals surface area contributed by atoms with Crippen LogP contribution in [0, 0.1) is 6.92 Å². The van der Waals surface area contributed by atoms with E-state index >= 15 is 0 Å². The molecule has 1 rings (SSSR count). The summed E-state index contributed by atoms with van der Waals surface area (Å²) in [5.74, 6) is 0.886. The summed E-state index contributed by atoms with van der Waals surface area (Å²) in [4.78, 5) is 10.8. The quantitative estimate of drug-likeness (QED) is 0.483. The van der Waals surface area contributed by atoms with Gasteiger partial charge in [0.25, 0.3) is 0 Å². The van der Waals surface area contributed by atoms with Crippen molar-refractivity contribution in [2.75, 3.05) is 34.4 Å². The van der Waals surface area contributed by atoms with Gasteiger partial charge < -0.3 is 15.0 Å². The molecule has 0 radical (unpaired) electrons. The van der Waals surface area contributed by atoms with E-state index in [9.17, 15) is 0 Å². The first-order chi connectivity index (χ1) is 8.67. The molecule has 1 heterocycles. The van der Waals surface area contributed by atoms with Gasteiger partial charge in [-0.1, -0.05) is 0 Å². The normalized spacial score (nSPS) is 11.7. The van der Waals surface area contributed by atoms with E-state index in [0.717, 1.165) is 42.8 Å². The molecule has 0 amide bonds. The molecule has 0 atom stereocenters. The van der Waals surface area contributed by atoms with Crippen LogP contribution in [0.25, 0.3) is 0 Å². The summed E-state index contributed by atoms with van der Waals surface area (Å²) in [5.41, 5.74) is 1.08. The van der Waals surface area contributed by atoms with E-state index in [-0.39, 0.29) is 0 Å². The maximum atomic E-state index is 5.01. The van der Waals surface area contributed by atoms with Crippen molar-refractivity contribution in [1.82, 2.24) is 15.2 Å². The van der Waals surface area contributed by atoms with Crippen molar-refractivity contribution in [2.45, 2.75) is 19.9 Å². The van der Waals surface area contributed by atoms with E-state index in [4.69, 9.17) is 4.74 Å². The number of aliphatic imine (C=N–C) groups is 1. The molecule has 18 heavy (non-hydrogen) atoms. The van der Waals surface area contributed by atoms with Gasteiger partial charge in [-0.25, -0.2) is 4.98 Å². The van der Waals surface area contributed by atoms with Crippen molar-refractivity contribution in [2.24, 2.45) is 4.99 Å². The fourth-order valence-corrected chi connectivity index (χ4v) is 2.20. The van der Waals surface area contributed by atoms with Crippen molar-refractivity contribution >= 4 is 17.3 Å². The topological polar surface area (TPSA) is 49.8 Å². The van der Waals surface area contributed by atoms with Gasteiger partial charge in [-0.3, -0.25) is 4.99 Å².